The van der Waals surface area contributed by atoms with Crippen LogP contribution in [-0.2, 0) is 4.74 Å². The predicted octanol–water partition coefficient (Wildman–Crippen LogP) is 1.80. The van der Waals surface area contributed by atoms with Gasteiger partial charge in [0.25, 0.3) is 0 Å². The lowest BCUT2D eigenvalue weighted by molar-refractivity contribution is 0.0281. The lowest BCUT2D eigenvalue weighted by Crippen LogP contribution is -2.36. The molecular formula is C12H23FN2O2. The van der Waals surface area contributed by atoms with E-state index in [1.54, 1.807) is 11.9 Å². The van der Waals surface area contributed by atoms with Gasteiger partial charge in [0.15, 0.2) is 0 Å². The maximum atomic E-state index is 13.6. The summed E-state index contributed by atoms with van der Waals surface area (Å²) in [6, 6.07) is 0. The zero-order chi connectivity index (χ0) is 13.1. The molecule has 1 aliphatic heterocycles. The fourth-order valence-corrected chi connectivity index (χ4v) is 1.94. The van der Waals surface area contributed by atoms with Crippen molar-refractivity contribution < 1.29 is 13.9 Å². The largest absolute Gasteiger partial charge is 0.444 e. The van der Waals surface area contributed by atoms with Gasteiger partial charge in [0.1, 0.15) is 11.8 Å². The number of carbonyl (C=O) groups excluding carboxylic acids is 1. The van der Waals surface area contributed by atoms with E-state index in [-0.39, 0.29) is 12.0 Å². The summed E-state index contributed by atoms with van der Waals surface area (Å²) in [5.41, 5.74) is -0.491. The maximum Gasteiger partial charge on any atom is 0.410 e. The molecule has 0 spiro atoms. The Balaban J connectivity index is 2.42. The molecule has 100 valence electrons. The Morgan fingerprint density at radius 2 is 2.24 bits per heavy atom. The Kier molecular flexibility index (Phi) is 4.74. The molecule has 1 heterocycles. The number of amides is 1. The SMILES string of the molecule is CNCC(F)C1CCN(C(=O)OC(C)(C)C)C1. The molecule has 1 rings (SSSR count). The average molecular weight is 246 g/mol. The molecule has 5 heteroatoms. The molecule has 2 atom stereocenters. The molecule has 1 saturated heterocycles. The van der Waals surface area contributed by atoms with E-state index in [1.165, 1.54) is 0 Å². The van der Waals surface area contributed by atoms with Gasteiger partial charge in [-0.25, -0.2) is 9.18 Å². The molecule has 0 saturated carbocycles. The van der Waals surface area contributed by atoms with Gasteiger partial charge in [0.05, 0.1) is 0 Å². The van der Waals surface area contributed by atoms with Crippen LogP contribution in [-0.4, -0.2) is 49.4 Å². The van der Waals surface area contributed by atoms with Crippen molar-refractivity contribution in [1.29, 1.82) is 0 Å². The second kappa shape index (κ2) is 5.67. The van der Waals surface area contributed by atoms with E-state index < -0.39 is 11.8 Å². The molecular weight excluding hydrogens is 223 g/mol. The summed E-state index contributed by atoms with van der Waals surface area (Å²) in [5.74, 6) is -0.0741. The van der Waals surface area contributed by atoms with Crippen molar-refractivity contribution in [1.82, 2.24) is 10.2 Å². The minimum atomic E-state index is -0.896. The smallest absolute Gasteiger partial charge is 0.410 e. The third-order valence-corrected chi connectivity index (χ3v) is 2.79. The summed E-state index contributed by atoms with van der Waals surface area (Å²) in [4.78, 5) is 13.3. The Morgan fingerprint density at radius 3 is 2.76 bits per heavy atom. The van der Waals surface area contributed by atoms with Crippen molar-refractivity contribution in [3.05, 3.63) is 0 Å². The number of nitrogens with zero attached hydrogens (tertiary/aromatic N) is 1. The molecule has 1 aliphatic rings. The fraction of sp³-hybridized carbons (Fsp3) is 0.917. The molecule has 1 amide bonds. The molecule has 0 aromatic rings. The number of carbonyl (C=O) groups is 1. The highest BCUT2D eigenvalue weighted by atomic mass is 19.1. The average Bonchev–Trinajstić information content (AvgIpc) is 2.63. The van der Waals surface area contributed by atoms with E-state index in [9.17, 15) is 9.18 Å². The molecule has 4 nitrogen and oxygen atoms in total. The van der Waals surface area contributed by atoms with Crippen LogP contribution in [0.15, 0.2) is 0 Å². The van der Waals surface area contributed by atoms with E-state index in [2.05, 4.69) is 5.32 Å². The molecule has 17 heavy (non-hydrogen) atoms. The topological polar surface area (TPSA) is 41.6 Å². The van der Waals surface area contributed by atoms with Gasteiger partial charge in [0, 0.05) is 25.6 Å². The van der Waals surface area contributed by atoms with Gasteiger partial charge in [-0.1, -0.05) is 0 Å². The summed E-state index contributed by atoms with van der Waals surface area (Å²) in [7, 11) is 1.73. The Labute approximate surface area is 102 Å². The van der Waals surface area contributed by atoms with Gasteiger partial charge in [-0.2, -0.15) is 0 Å². The molecule has 2 unspecified atom stereocenters. The van der Waals surface area contributed by atoms with Crippen LogP contribution < -0.4 is 5.32 Å². The minimum Gasteiger partial charge on any atom is -0.444 e. The van der Waals surface area contributed by atoms with Gasteiger partial charge in [-0.05, 0) is 34.2 Å². The lowest BCUT2D eigenvalue weighted by Gasteiger charge is -2.24. The van der Waals surface area contributed by atoms with E-state index >= 15 is 0 Å². The first-order valence-corrected chi connectivity index (χ1v) is 6.10. The van der Waals surface area contributed by atoms with Gasteiger partial charge in [-0.15, -0.1) is 0 Å². The van der Waals surface area contributed by atoms with Crippen LogP contribution in [0.3, 0.4) is 0 Å². The predicted molar refractivity (Wildman–Crippen MR) is 64.7 cm³/mol. The molecule has 0 aliphatic carbocycles. The maximum absolute atomic E-state index is 13.6. The van der Waals surface area contributed by atoms with Crippen LogP contribution in [0.1, 0.15) is 27.2 Å². The van der Waals surface area contributed by atoms with Crippen LogP contribution in [0.25, 0.3) is 0 Å². The summed E-state index contributed by atoms with van der Waals surface area (Å²) in [6.45, 7) is 6.88. The second-order valence-electron chi connectivity index (χ2n) is 5.55. The van der Waals surface area contributed by atoms with Crippen molar-refractivity contribution in [2.75, 3.05) is 26.7 Å². The van der Waals surface area contributed by atoms with Gasteiger partial charge < -0.3 is 15.0 Å². The number of hydrogen-bond donors (Lipinski definition) is 1. The zero-order valence-corrected chi connectivity index (χ0v) is 11.1. The van der Waals surface area contributed by atoms with Crippen LogP contribution in [0.4, 0.5) is 9.18 Å². The first-order chi connectivity index (χ1) is 7.83. The van der Waals surface area contributed by atoms with E-state index in [4.69, 9.17) is 4.74 Å². The van der Waals surface area contributed by atoms with Crippen LogP contribution in [0, 0.1) is 5.92 Å². The third kappa shape index (κ3) is 4.50. The van der Waals surface area contributed by atoms with Gasteiger partial charge in [-0.3, -0.25) is 0 Å². The first kappa shape index (κ1) is 14.2. The molecule has 0 aromatic carbocycles. The van der Waals surface area contributed by atoms with Gasteiger partial charge in [0.2, 0.25) is 0 Å². The Morgan fingerprint density at radius 1 is 1.59 bits per heavy atom. The normalized spacial score (nSPS) is 22.6. The molecule has 0 bridgehead atoms. The van der Waals surface area contributed by atoms with Crippen molar-refractivity contribution in [2.45, 2.75) is 39.0 Å². The van der Waals surface area contributed by atoms with Crippen LogP contribution in [0.2, 0.25) is 0 Å². The quantitative estimate of drug-likeness (QED) is 0.825. The Hall–Kier alpha value is -0.840. The molecule has 1 fully saturated rings. The summed E-state index contributed by atoms with van der Waals surface area (Å²) < 4.78 is 18.9. The fourth-order valence-electron chi connectivity index (χ4n) is 1.94. The zero-order valence-electron chi connectivity index (χ0n) is 11.1. The number of hydrogen-bond acceptors (Lipinski definition) is 3. The number of rotatable bonds is 3. The Bertz CT molecular complexity index is 266. The van der Waals surface area contributed by atoms with E-state index in [0.29, 0.717) is 26.1 Å². The van der Waals surface area contributed by atoms with Crippen molar-refractivity contribution in [3.63, 3.8) is 0 Å². The summed E-state index contributed by atoms with van der Waals surface area (Å²) >= 11 is 0. The lowest BCUT2D eigenvalue weighted by atomic mass is 10.0. The third-order valence-electron chi connectivity index (χ3n) is 2.79. The number of ether oxygens (including phenoxy) is 1. The number of halogens is 1. The monoisotopic (exact) mass is 246 g/mol. The summed E-state index contributed by atoms with van der Waals surface area (Å²) in [6.07, 6.45) is -0.522. The summed E-state index contributed by atoms with van der Waals surface area (Å²) in [5, 5.41) is 2.82. The van der Waals surface area contributed by atoms with Crippen molar-refractivity contribution in [3.8, 4) is 0 Å². The van der Waals surface area contributed by atoms with Crippen LogP contribution in [0.5, 0.6) is 0 Å². The van der Waals surface area contributed by atoms with Crippen molar-refractivity contribution >= 4 is 6.09 Å². The molecule has 0 aromatic heterocycles. The van der Waals surface area contributed by atoms with Crippen molar-refractivity contribution in [2.24, 2.45) is 5.92 Å². The number of nitrogens with one attached hydrogen (secondary N) is 1. The van der Waals surface area contributed by atoms with Crippen LogP contribution >= 0.6 is 0 Å². The minimum absolute atomic E-state index is 0.0741. The van der Waals surface area contributed by atoms with E-state index in [0.717, 1.165) is 0 Å². The number of likely N-dealkylation sites (tertiary alicyclic amines) is 1. The second-order valence-corrected chi connectivity index (χ2v) is 5.55. The highest BCUT2D eigenvalue weighted by molar-refractivity contribution is 5.68. The molecule has 0 radical (unpaired) electrons. The highest BCUT2D eigenvalue weighted by Gasteiger charge is 2.33. The standard InChI is InChI=1S/C12H23FN2O2/c1-12(2,3)17-11(16)15-6-5-9(8-15)10(13)7-14-4/h9-10,14H,5-8H2,1-4H3. The highest BCUT2D eigenvalue weighted by Crippen LogP contribution is 2.23. The van der Waals surface area contributed by atoms with E-state index in [1.807, 2.05) is 20.8 Å². The first-order valence-electron chi connectivity index (χ1n) is 6.10. The number of alkyl halides is 1. The molecule has 1 N–H and O–H groups in total. The van der Waals surface area contributed by atoms with Gasteiger partial charge >= 0.3 is 6.09 Å².